The van der Waals surface area contributed by atoms with Gasteiger partial charge in [-0.25, -0.2) is 9.18 Å². The Morgan fingerprint density at radius 3 is 2.40 bits per heavy atom. The molecule has 8 heteroatoms. The van der Waals surface area contributed by atoms with Crippen molar-refractivity contribution in [3.05, 3.63) is 59.9 Å². The van der Waals surface area contributed by atoms with Crippen molar-refractivity contribution in [1.82, 2.24) is 15.5 Å². The third-order valence-corrected chi connectivity index (χ3v) is 4.90. The van der Waals surface area contributed by atoms with Gasteiger partial charge in [0.1, 0.15) is 11.6 Å². The molecule has 0 atom stereocenters. The van der Waals surface area contributed by atoms with E-state index in [2.05, 4.69) is 15.5 Å². The SMILES string of the molecule is CCOc1ccccc1N1CCN(C(=O)CNC(=O)NCc2ccc(F)cc2)CC1. The van der Waals surface area contributed by atoms with Gasteiger partial charge < -0.3 is 25.2 Å². The van der Waals surface area contributed by atoms with Crippen molar-refractivity contribution in [3.63, 3.8) is 0 Å². The lowest BCUT2D eigenvalue weighted by atomic mass is 10.2. The first-order valence-corrected chi connectivity index (χ1v) is 10.1. The number of nitrogens with one attached hydrogen (secondary N) is 2. The summed E-state index contributed by atoms with van der Waals surface area (Å²) in [4.78, 5) is 28.3. The zero-order valence-electron chi connectivity index (χ0n) is 17.1. The molecule has 3 amide bonds. The predicted molar refractivity (Wildman–Crippen MR) is 113 cm³/mol. The molecule has 1 heterocycles. The van der Waals surface area contributed by atoms with Crippen molar-refractivity contribution in [2.24, 2.45) is 0 Å². The number of ether oxygens (including phenoxy) is 1. The van der Waals surface area contributed by atoms with Crippen LogP contribution in [0.3, 0.4) is 0 Å². The minimum Gasteiger partial charge on any atom is -0.492 e. The first-order chi connectivity index (χ1) is 14.6. The van der Waals surface area contributed by atoms with Crippen LogP contribution in [0.4, 0.5) is 14.9 Å². The van der Waals surface area contributed by atoms with Crippen molar-refractivity contribution in [1.29, 1.82) is 0 Å². The van der Waals surface area contributed by atoms with Crippen molar-refractivity contribution >= 4 is 17.6 Å². The highest BCUT2D eigenvalue weighted by Gasteiger charge is 2.23. The number of para-hydroxylation sites is 2. The molecule has 0 spiro atoms. The van der Waals surface area contributed by atoms with Crippen molar-refractivity contribution in [2.45, 2.75) is 13.5 Å². The van der Waals surface area contributed by atoms with Crippen LogP contribution < -0.4 is 20.3 Å². The van der Waals surface area contributed by atoms with Gasteiger partial charge in [-0.1, -0.05) is 24.3 Å². The van der Waals surface area contributed by atoms with E-state index in [0.29, 0.717) is 32.8 Å². The number of urea groups is 1. The Morgan fingerprint density at radius 1 is 1.00 bits per heavy atom. The predicted octanol–water partition coefficient (Wildman–Crippen LogP) is 2.37. The van der Waals surface area contributed by atoms with Gasteiger partial charge >= 0.3 is 6.03 Å². The molecule has 30 heavy (non-hydrogen) atoms. The first-order valence-electron chi connectivity index (χ1n) is 10.1. The van der Waals surface area contributed by atoms with E-state index in [1.165, 1.54) is 12.1 Å². The molecule has 1 aliphatic heterocycles. The summed E-state index contributed by atoms with van der Waals surface area (Å²) in [6, 6.07) is 13.3. The van der Waals surface area contributed by atoms with E-state index in [0.717, 1.165) is 17.0 Å². The Bertz CT molecular complexity index is 852. The molecule has 1 fully saturated rings. The smallest absolute Gasteiger partial charge is 0.315 e. The zero-order chi connectivity index (χ0) is 21.3. The average molecular weight is 414 g/mol. The summed E-state index contributed by atoms with van der Waals surface area (Å²) >= 11 is 0. The number of halogens is 1. The number of carbonyl (C=O) groups is 2. The van der Waals surface area contributed by atoms with Gasteiger partial charge in [-0.3, -0.25) is 4.79 Å². The first kappa shape index (κ1) is 21.4. The minimum atomic E-state index is -0.433. The Kier molecular flexibility index (Phi) is 7.48. The number of rotatable bonds is 7. The summed E-state index contributed by atoms with van der Waals surface area (Å²) in [7, 11) is 0. The number of benzene rings is 2. The molecule has 7 nitrogen and oxygen atoms in total. The third kappa shape index (κ3) is 5.85. The van der Waals surface area contributed by atoms with Gasteiger partial charge in [0.2, 0.25) is 5.91 Å². The molecule has 160 valence electrons. The van der Waals surface area contributed by atoms with Crippen LogP contribution in [-0.4, -0.2) is 56.2 Å². The fraction of sp³-hybridized carbons (Fsp3) is 0.364. The van der Waals surface area contributed by atoms with Crippen molar-refractivity contribution < 1.29 is 18.7 Å². The van der Waals surface area contributed by atoms with Crippen LogP contribution in [0.5, 0.6) is 5.75 Å². The molecule has 0 aliphatic carbocycles. The maximum absolute atomic E-state index is 12.9. The third-order valence-electron chi connectivity index (χ3n) is 4.90. The number of carbonyl (C=O) groups excluding carboxylic acids is 2. The molecule has 0 bridgehead atoms. The van der Waals surface area contributed by atoms with Crippen LogP contribution >= 0.6 is 0 Å². The van der Waals surface area contributed by atoms with Gasteiger partial charge in [0, 0.05) is 32.7 Å². The minimum absolute atomic E-state index is 0.0647. The van der Waals surface area contributed by atoms with E-state index in [9.17, 15) is 14.0 Å². The maximum atomic E-state index is 12.9. The molecular weight excluding hydrogens is 387 g/mol. The van der Waals surface area contributed by atoms with E-state index in [1.54, 1.807) is 17.0 Å². The lowest BCUT2D eigenvalue weighted by molar-refractivity contribution is -0.130. The van der Waals surface area contributed by atoms with E-state index < -0.39 is 6.03 Å². The Labute approximate surface area is 175 Å². The summed E-state index contributed by atoms with van der Waals surface area (Å²) < 4.78 is 18.6. The van der Waals surface area contributed by atoms with Crippen LogP contribution in [0.15, 0.2) is 48.5 Å². The number of amides is 3. The van der Waals surface area contributed by atoms with Crippen LogP contribution in [0.25, 0.3) is 0 Å². The lowest BCUT2D eigenvalue weighted by Crippen LogP contribution is -2.52. The van der Waals surface area contributed by atoms with Crippen molar-refractivity contribution in [2.75, 3.05) is 44.2 Å². The molecule has 0 aromatic heterocycles. The van der Waals surface area contributed by atoms with Gasteiger partial charge in [-0.05, 0) is 36.8 Å². The summed E-state index contributed by atoms with van der Waals surface area (Å²) in [6.07, 6.45) is 0. The second-order valence-electron chi connectivity index (χ2n) is 6.93. The topological polar surface area (TPSA) is 73.9 Å². The molecule has 1 saturated heterocycles. The summed E-state index contributed by atoms with van der Waals surface area (Å²) in [6.45, 7) is 5.32. The number of piperazine rings is 1. The van der Waals surface area contributed by atoms with Crippen LogP contribution in [0.1, 0.15) is 12.5 Å². The summed E-state index contributed by atoms with van der Waals surface area (Å²) in [5.41, 5.74) is 1.81. The highest BCUT2D eigenvalue weighted by Crippen LogP contribution is 2.28. The second kappa shape index (κ2) is 10.5. The average Bonchev–Trinajstić information content (AvgIpc) is 2.78. The van der Waals surface area contributed by atoms with Gasteiger partial charge in [0.25, 0.3) is 0 Å². The number of anilines is 1. The fourth-order valence-corrected chi connectivity index (χ4v) is 3.31. The fourth-order valence-electron chi connectivity index (χ4n) is 3.31. The quantitative estimate of drug-likeness (QED) is 0.730. The monoisotopic (exact) mass is 414 g/mol. The van der Waals surface area contributed by atoms with E-state index >= 15 is 0 Å². The Morgan fingerprint density at radius 2 is 1.70 bits per heavy atom. The highest BCUT2D eigenvalue weighted by atomic mass is 19.1. The van der Waals surface area contributed by atoms with E-state index in [4.69, 9.17) is 4.74 Å². The van der Waals surface area contributed by atoms with Gasteiger partial charge in [-0.2, -0.15) is 0 Å². The number of hydrogen-bond donors (Lipinski definition) is 2. The lowest BCUT2D eigenvalue weighted by Gasteiger charge is -2.36. The largest absolute Gasteiger partial charge is 0.492 e. The molecule has 2 aromatic carbocycles. The zero-order valence-corrected chi connectivity index (χ0v) is 17.1. The standard InChI is InChI=1S/C22H27FN4O3/c1-2-30-20-6-4-3-5-19(20)26-11-13-27(14-12-26)21(28)16-25-22(29)24-15-17-7-9-18(23)10-8-17/h3-10H,2,11-16H2,1H3,(H2,24,25,29). The van der Waals surface area contributed by atoms with Crippen molar-refractivity contribution in [3.8, 4) is 5.75 Å². The molecule has 1 aliphatic rings. The molecule has 2 N–H and O–H groups in total. The van der Waals surface area contributed by atoms with Crippen LogP contribution in [0, 0.1) is 5.82 Å². The number of nitrogens with zero attached hydrogens (tertiary/aromatic N) is 2. The highest BCUT2D eigenvalue weighted by molar-refractivity contribution is 5.84. The maximum Gasteiger partial charge on any atom is 0.315 e. The Hall–Kier alpha value is -3.29. The second-order valence-corrected chi connectivity index (χ2v) is 6.93. The summed E-state index contributed by atoms with van der Waals surface area (Å²) in [5, 5.41) is 5.24. The molecule has 0 radical (unpaired) electrons. The van der Waals surface area contributed by atoms with Gasteiger partial charge in [0.05, 0.1) is 18.8 Å². The Balaban J connectivity index is 1.41. The molecule has 2 aromatic rings. The molecule has 0 unspecified atom stereocenters. The number of hydrogen-bond acceptors (Lipinski definition) is 4. The van der Waals surface area contributed by atoms with Gasteiger partial charge in [-0.15, -0.1) is 0 Å². The summed E-state index contributed by atoms with van der Waals surface area (Å²) in [5.74, 6) is 0.402. The van der Waals surface area contributed by atoms with Crippen LogP contribution in [-0.2, 0) is 11.3 Å². The molecular formula is C22H27FN4O3. The van der Waals surface area contributed by atoms with E-state index in [1.807, 2.05) is 31.2 Å². The molecule has 3 rings (SSSR count). The normalized spacial score (nSPS) is 13.7. The van der Waals surface area contributed by atoms with Gasteiger partial charge in [0.15, 0.2) is 0 Å². The van der Waals surface area contributed by atoms with Crippen LogP contribution in [0.2, 0.25) is 0 Å². The van der Waals surface area contributed by atoms with E-state index in [-0.39, 0.29) is 24.8 Å². The molecule has 0 saturated carbocycles.